The second-order valence-corrected chi connectivity index (χ2v) is 7.28. The van der Waals surface area contributed by atoms with E-state index in [1.807, 2.05) is 6.92 Å². The Morgan fingerprint density at radius 2 is 2.11 bits per heavy atom. The molecule has 1 aromatic rings. The molecule has 1 aliphatic rings. The fourth-order valence-electron chi connectivity index (χ4n) is 3.37. The summed E-state index contributed by atoms with van der Waals surface area (Å²) in [4.78, 5) is 4.31. The highest BCUT2D eigenvalue weighted by molar-refractivity contribution is 5.79. The minimum Gasteiger partial charge on any atom is -0.496 e. The van der Waals surface area contributed by atoms with Crippen LogP contribution in [0.3, 0.4) is 0 Å². The number of rotatable bonds is 9. The molecule has 0 aromatic heterocycles. The van der Waals surface area contributed by atoms with Crippen LogP contribution in [0.4, 0.5) is 0 Å². The van der Waals surface area contributed by atoms with Crippen molar-refractivity contribution in [2.24, 2.45) is 10.9 Å². The van der Waals surface area contributed by atoms with Gasteiger partial charge in [0.2, 0.25) is 0 Å². The molecule has 0 spiro atoms. The Kier molecular flexibility index (Phi) is 8.23. The minimum atomic E-state index is 0.224. The monoisotopic (exact) mass is 377 g/mol. The van der Waals surface area contributed by atoms with E-state index in [1.54, 1.807) is 14.2 Å². The van der Waals surface area contributed by atoms with Gasteiger partial charge in [0.25, 0.3) is 0 Å². The summed E-state index contributed by atoms with van der Waals surface area (Å²) in [7, 11) is 3.49. The van der Waals surface area contributed by atoms with Gasteiger partial charge in [0.1, 0.15) is 17.6 Å². The predicted molar refractivity (Wildman–Crippen MR) is 110 cm³/mol. The number of ether oxygens (including phenoxy) is 3. The van der Waals surface area contributed by atoms with E-state index in [0.29, 0.717) is 12.5 Å². The van der Waals surface area contributed by atoms with E-state index < -0.39 is 0 Å². The summed E-state index contributed by atoms with van der Waals surface area (Å²) < 4.78 is 17.2. The predicted octanol–water partition coefficient (Wildman–Crippen LogP) is 3.13. The van der Waals surface area contributed by atoms with Gasteiger partial charge in [0.05, 0.1) is 13.2 Å². The molecule has 0 saturated heterocycles. The Morgan fingerprint density at radius 1 is 1.33 bits per heavy atom. The highest BCUT2D eigenvalue weighted by atomic mass is 16.5. The van der Waals surface area contributed by atoms with Crippen molar-refractivity contribution in [2.75, 3.05) is 27.3 Å². The fourth-order valence-corrected chi connectivity index (χ4v) is 3.37. The van der Waals surface area contributed by atoms with Gasteiger partial charge in [0, 0.05) is 44.3 Å². The van der Waals surface area contributed by atoms with E-state index in [1.165, 1.54) is 5.56 Å². The average molecular weight is 378 g/mol. The number of fused-ring (bicyclic) bond motifs is 1. The second kappa shape index (κ2) is 10.4. The summed E-state index contributed by atoms with van der Waals surface area (Å²) in [6.07, 6.45) is 2.36. The smallest absolute Gasteiger partial charge is 0.191 e. The number of methoxy groups -OCH3 is 1. The lowest BCUT2D eigenvalue weighted by Gasteiger charge is -2.21. The third-order valence-corrected chi connectivity index (χ3v) is 4.81. The van der Waals surface area contributed by atoms with Crippen LogP contribution in [-0.2, 0) is 17.7 Å². The second-order valence-electron chi connectivity index (χ2n) is 7.28. The molecule has 0 fully saturated rings. The first-order valence-electron chi connectivity index (χ1n) is 9.91. The lowest BCUT2D eigenvalue weighted by molar-refractivity contribution is 0.0258. The summed E-state index contributed by atoms with van der Waals surface area (Å²) in [5.41, 5.74) is 2.27. The Bertz CT molecular complexity index is 631. The highest BCUT2D eigenvalue weighted by Gasteiger charge is 2.21. The number of nitrogens with one attached hydrogen (secondary N) is 2. The van der Waals surface area contributed by atoms with Crippen molar-refractivity contribution < 1.29 is 14.2 Å². The summed E-state index contributed by atoms with van der Waals surface area (Å²) >= 11 is 0. The molecule has 152 valence electrons. The van der Waals surface area contributed by atoms with Crippen LogP contribution in [0.5, 0.6) is 11.5 Å². The summed E-state index contributed by atoms with van der Waals surface area (Å²) in [6, 6.07) is 4.16. The molecule has 0 bridgehead atoms. The van der Waals surface area contributed by atoms with Crippen molar-refractivity contribution in [3.63, 3.8) is 0 Å². The third kappa shape index (κ3) is 6.03. The molecule has 2 atom stereocenters. The zero-order valence-corrected chi connectivity index (χ0v) is 17.6. The summed E-state index contributed by atoms with van der Waals surface area (Å²) in [5, 5.41) is 6.73. The molecular formula is C21H35N3O3. The van der Waals surface area contributed by atoms with Gasteiger partial charge in [-0.1, -0.05) is 13.8 Å². The number of aliphatic imine (C=N–C) groups is 1. The number of nitrogens with zero attached hydrogens (tertiary/aromatic N) is 1. The molecule has 27 heavy (non-hydrogen) atoms. The van der Waals surface area contributed by atoms with Crippen LogP contribution < -0.4 is 20.1 Å². The van der Waals surface area contributed by atoms with Gasteiger partial charge in [-0.3, -0.25) is 4.99 Å². The number of hydrogen-bond acceptors (Lipinski definition) is 4. The maximum atomic E-state index is 5.87. The molecule has 1 aliphatic heterocycles. The maximum absolute atomic E-state index is 5.87. The standard InChI is InChI=1S/C21H35N3O3/c1-7-26-18(14(2)3)8-9-23-21(22-5)24-13-17-12-20-16(10-15(4)27-20)11-19(17)25-6/h11-12,14-15,18H,7-10,13H2,1-6H3,(H2,22,23,24). The average Bonchev–Trinajstić information content (AvgIpc) is 3.01. The van der Waals surface area contributed by atoms with Crippen LogP contribution in [0, 0.1) is 5.92 Å². The molecule has 6 heteroatoms. The van der Waals surface area contributed by atoms with Crippen molar-refractivity contribution in [3.8, 4) is 11.5 Å². The van der Waals surface area contributed by atoms with Gasteiger partial charge in [0.15, 0.2) is 5.96 Å². The topological polar surface area (TPSA) is 64.1 Å². The molecule has 1 aromatic carbocycles. The summed E-state index contributed by atoms with van der Waals surface area (Å²) in [6.45, 7) is 10.7. The molecule has 2 N–H and O–H groups in total. The maximum Gasteiger partial charge on any atom is 0.191 e. The lowest BCUT2D eigenvalue weighted by atomic mass is 10.0. The highest BCUT2D eigenvalue weighted by Crippen LogP contribution is 2.34. The van der Waals surface area contributed by atoms with Crippen LogP contribution in [0.15, 0.2) is 17.1 Å². The fraction of sp³-hybridized carbons (Fsp3) is 0.667. The Labute approximate surface area is 163 Å². The largest absolute Gasteiger partial charge is 0.496 e. The van der Waals surface area contributed by atoms with Crippen molar-refractivity contribution in [2.45, 2.75) is 59.3 Å². The van der Waals surface area contributed by atoms with Crippen LogP contribution in [0.2, 0.25) is 0 Å². The zero-order chi connectivity index (χ0) is 19.8. The van der Waals surface area contributed by atoms with Crippen LogP contribution in [0.1, 0.15) is 45.2 Å². The van der Waals surface area contributed by atoms with Gasteiger partial charge >= 0.3 is 0 Å². The molecule has 2 rings (SSSR count). The van der Waals surface area contributed by atoms with Crippen molar-refractivity contribution in [1.82, 2.24) is 10.6 Å². The Hall–Kier alpha value is -1.95. The number of benzene rings is 1. The van der Waals surface area contributed by atoms with Gasteiger partial charge in [-0.15, -0.1) is 0 Å². The number of hydrogen-bond donors (Lipinski definition) is 2. The molecule has 0 amide bonds. The van der Waals surface area contributed by atoms with Crippen LogP contribution >= 0.6 is 0 Å². The lowest BCUT2D eigenvalue weighted by Crippen LogP contribution is -2.39. The van der Waals surface area contributed by atoms with E-state index >= 15 is 0 Å². The molecule has 2 unspecified atom stereocenters. The van der Waals surface area contributed by atoms with Crippen molar-refractivity contribution in [3.05, 3.63) is 23.3 Å². The third-order valence-electron chi connectivity index (χ3n) is 4.81. The van der Waals surface area contributed by atoms with E-state index in [2.05, 4.69) is 48.5 Å². The van der Waals surface area contributed by atoms with Gasteiger partial charge in [-0.05, 0) is 38.3 Å². The van der Waals surface area contributed by atoms with Crippen LogP contribution in [-0.4, -0.2) is 45.5 Å². The van der Waals surface area contributed by atoms with Crippen molar-refractivity contribution in [1.29, 1.82) is 0 Å². The molecule has 0 saturated carbocycles. The molecule has 0 aliphatic carbocycles. The van der Waals surface area contributed by atoms with Gasteiger partial charge in [-0.2, -0.15) is 0 Å². The van der Waals surface area contributed by atoms with E-state index in [-0.39, 0.29) is 12.2 Å². The van der Waals surface area contributed by atoms with E-state index in [0.717, 1.165) is 49.0 Å². The first kappa shape index (κ1) is 21.4. The van der Waals surface area contributed by atoms with Gasteiger partial charge < -0.3 is 24.8 Å². The van der Waals surface area contributed by atoms with E-state index in [9.17, 15) is 0 Å². The SMILES string of the molecule is CCOC(CCNC(=NC)NCc1cc2c(cc1OC)CC(C)O2)C(C)C. The molecule has 0 radical (unpaired) electrons. The first-order valence-corrected chi connectivity index (χ1v) is 9.91. The molecule has 1 heterocycles. The Morgan fingerprint density at radius 3 is 2.74 bits per heavy atom. The Balaban J connectivity index is 1.90. The quantitative estimate of drug-likeness (QED) is 0.511. The molecule has 6 nitrogen and oxygen atoms in total. The van der Waals surface area contributed by atoms with E-state index in [4.69, 9.17) is 14.2 Å². The minimum absolute atomic E-state index is 0.224. The first-order chi connectivity index (χ1) is 13.0. The number of guanidine groups is 1. The molecular weight excluding hydrogens is 342 g/mol. The van der Waals surface area contributed by atoms with Gasteiger partial charge in [-0.25, -0.2) is 0 Å². The van der Waals surface area contributed by atoms with Crippen LogP contribution in [0.25, 0.3) is 0 Å². The zero-order valence-electron chi connectivity index (χ0n) is 17.6. The summed E-state index contributed by atoms with van der Waals surface area (Å²) in [5.74, 6) is 3.11. The normalized spacial score (nSPS) is 17.4. The van der Waals surface area contributed by atoms with Crippen molar-refractivity contribution >= 4 is 5.96 Å².